The maximum atomic E-state index is 6.34. The van der Waals surface area contributed by atoms with Crippen LogP contribution in [0.2, 0.25) is 0 Å². The molecule has 0 aromatic rings. The fourth-order valence-electron chi connectivity index (χ4n) is 3.33. The van der Waals surface area contributed by atoms with Gasteiger partial charge < -0.3 is 11.5 Å². The average Bonchev–Trinajstić information content (AvgIpc) is 2.55. The minimum Gasteiger partial charge on any atom is -0.316 e. The van der Waals surface area contributed by atoms with Gasteiger partial charge in [-0.1, -0.05) is 65.2 Å². The van der Waals surface area contributed by atoms with Gasteiger partial charge in [-0.2, -0.15) is 0 Å². The average molecular weight is 313 g/mol. The van der Waals surface area contributed by atoms with Crippen molar-refractivity contribution in [3.05, 3.63) is 0 Å². The molecule has 0 bridgehead atoms. The highest BCUT2D eigenvalue weighted by Crippen LogP contribution is 2.13. The van der Waals surface area contributed by atoms with Gasteiger partial charge in [0.1, 0.15) is 0 Å². The number of unbranched alkanes of at least 4 members (excludes halogenated alkanes) is 6. The number of hydrogen-bond donors (Lipinski definition) is 2. The van der Waals surface area contributed by atoms with Gasteiger partial charge in [-0.05, 0) is 12.8 Å². The third-order valence-electron chi connectivity index (χ3n) is 4.99. The van der Waals surface area contributed by atoms with E-state index >= 15 is 0 Å². The van der Waals surface area contributed by atoms with Crippen molar-refractivity contribution in [1.29, 1.82) is 0 Å². The predicted octanol–water partition coefficient (Wildman–Crippen LogP) is 3.11. The summed E-state index contributed by atoms with van der Waals surface area (Å²) >= 11 is 0. The van der Waals surface area contributed by atoms with Gasteiger partial charge in [0.15, 0.2) is 0 Å². The monoisotopic (exact) mass is 312 g/mol. The maximum absolute atomic E-state index is 6.34. The molecule has 1 heterocycles. The SMILES string of the molecule is CCCCCCC(N)N1CCN(C(N)CCCCCC)CC1. The first kappa shape index (κ1) is 19.9. The normalized spacial score (nSPS) is 20.2. The summed E-state index contributed by atoms with van der Waals surface area (Å²) in [5, 5.41) is 0. The Hall–Kier alpha value is -0.160. The van der Waals surface area contributed by atoms with Crippen LogP contribution in [0.1, 0.15) is 78.1 Å². The van der Waals surface area contributed by atoms with Gasteiger partial charge in [-0.25, -0.2) is 0 Å². The second-order valence-corrected chi connectivity index (χ2v) is 6.91. The van der Waals surface area contributed by atoms with Gasteiger partial charge in [0.25, 0.3) is 0 Å². The summed E-state index contributed by atoms with van der Waals surface area (Å²) in [5.41, 5.74) is 12.7. The lowest BCUT2D eigenvalue weighted by Crippen LogP contribution is -2.57. The van der Waals surface area contributed by atoms with Crippen LogP contribution in [0.4, 0.5) is 0 Å². The van der Waals surface area contributed by atoms with Crippen LogP contribution in [0.5, 0.6) is 0 Å². The van der Waals surface area contributed by atoms with E-state index in [1.807, 2.05) is 0 Å². The van der Waals surface area contributed by atoms with Gasteiger partial charge >= 0.3 is 0 Å². The lowest BCUT2D eigenvalue weighted by molar-refractivity contribution is 0.0650. The minimum absolute atomic E-state index is 0.250. The smallest absolute Gasteiger partial charge is 0.0572 e. The minimum atomic E-state index is 0.250. The molecule has 132 valence electrons. The van der Waals surface area contributed by atoms with Crippen molar-refractivity contribution < 1.29 is 0 Å². The number of nitrogens with zero attached hydrogens (tertiary/aromatic N) is 2. The van der Waals surface area contributed by atoms with Gasteiger partial charge in [0, 0.05) is 26.2 Å². The van der Waals surface area contributed by atoms with E-state index in [4.69, 9.17) is 11.5 Å². The second-order valence-electron chi connectivity index (χ2n) is 6.91. The first-order chi connectivity index (χ1) is 10.7. The molecule has 2 unspecified atom stereocenters. The largest absolute Gasteiger partial charge is 0.316 e. The van der Waals surface area contributed by atoms with Crippen molar-refractivity contribution in [2.24, 2.45) is 11.5 Å². The third kappa shape index (κ3) is 7.91. The topological polar surface area (TPSA) is 58.5 Å². The first-order valence-electron chi connectivity index (χ1n) is 9.68. The summed E-state index contributed by atoms with van der Waals surface area (Å²) in [7, 11) is 0. The molecule has 0 saturated carbocycles. The fourth-order valence-corrected chi connectivity index (χ4v) is 3.33. The molecule has 0 aromatic heterocycles. The molecule has 1 aliphatic rings. The van der Waals surface area contributed by atoms with Crippen molar-refractivity contribution in [3.8, 4) is 0 Å². The Balaban J connectivity index is 2.13. The summed E-state index contributed by atoms with van der Waals surface area (Å²) in [6.45, 7) is 8.83. The van der Waals surface area contributed by atoms with Gasteiger partial charge in [0.05, 0.1) is 12.3 Å². The molecule has 0 radical (unpaired) electrons. The molecular weight excluding hydrogens is 272 g/mol. The van der Waals surface area contributed by atoms with Crippen molar-refractivity contribution >= 4 is 0 Å². The number of rotatable bonds is 12. The quantitative estimate of drug-likeness (QED) is 0.544. The van der Waals surface area contributed by atoms with Crippen LogP contribution in [0.15, 0.2) is 0 Å². The Bertz CT molecular complexity index is 225. The predicted molar refractivity (Wildman–Crippen MR) is 96.6 cm³/mol. The van der Waals surface area contributed by atoms with Gasteiger partial charge in [0.2, 0.25) is 0 Å². The molecule has 4 heteroatoms. The highest BCUT2D eigenvalue weighted by Gasteiger charge is 2.23. The highest BCUT2D eigenvalue weighted by molar-refractivity contribution is 4.78. The van der Waals surface area contributed by atoms with Gasteiger partial charge in [-0.15, -0.1) is 0 Å². The number of nitrogens with two attached hydrogens (primary N) is 2. The van der Waals surface area contributed by atoms with Crippen molar-refractivity contribution in [2.75, 3.05) is 26.2 Å². The van der Waals surface area contributed by atoms with E-state index in [0.717, 1.165) is 39.0 Å². The zero-order valence-corrected chi connectivity index (χ0v) is 15.1. The van der Waals surface area contributed by atoms with E-state index in [0.29, 0.717) is 0 Å². The Morgan fingerprint density at radius 3 is 1.32 bits per heavy atom. The number of piperazine rings is 1. The Kier molecular flexibility index (Phi) is 11.1. The van der Waals surface area contributed by atoms with Crippen LogP contribution in [0.3, 0.4) is 0 Å². The van der Waals surface area contributed by atoms with E-state index in [1.54, 1.807) is 0 Å². The Labute approximate surface area is 138 Å². The fraction of sp³-hybridized carbons (Fsp3) is 1.00. The van der Waals surface area contributed by atoms with Crippen LogP contribution >= 0.6 is 0 Å². The molecule has 1 fully saturated rings. The molecule has 1 aliphatic heterocycles. The molecule has 0 aliphatic carbocycles. The van der Waals surface area contributed by atoms with Crippen molar-refractivity contribution in [2.45, 2.75) is 90.4 Å². The lowest BCUT2D eigenvalue weighted by Gasteiger charge is -2.40. The van der Waals surface area contributed by atoms with E-state index in [-0.39, 0.29) is 12.3 Å². The van der Waals surface area contributed by atoms with Crippen molar-refractivity contribution in [1.82, 2.24) is 9.80 Å². The summed E-state index contributed by atoms with van der Waals surface area (Å²) in [4.78, 5) is 4.90. The molecule has 1 saturated heterocycles. The molecule has 0 amide bonds. The van der Waals surface area contributed by atoms with Crippen LogP contribution in [-0.2, 0) is 0 Å². The molecular formula is C18H40N4. The Morgan fingerprint density at radius 1 is 0.636 bits per heavy atom. The summed E-state index contributed by atoms with van der Waals surface area (Å²) in [6.07, 6.45) is 13.2. The third-order valence-corrected chi connectivity index (χ3v) is 4.99. The van der Waals surface area contributed by atoms with E-state index in [1.165, 1.54) is 51.4 Å². The van der Waals surface area contributed by atoms with E-state index < -0.39 is 0 Å². The zero-order valence-electron chi connectivity index (χ0n) is 15.1. The summed E-state index contributed by atoms with van der Waals surface area (Å²) in [6, 6.07) is 0. The Morgan fingerprint density at radius 2 is 1.00 bits per heavy atom. The van der Waals surface area contributed by atoms with Crippen LogP contribution in [0.25, 0.3) is 0 Å². The van der Waals surface area contributed by atoms with Crippen LogP contribution in [0, 0.1) is 0 Å². The van der Waals surface area contributed by atoms with E-state index in [9.17, 15) is 0 Å². The van der Waals surface area contributed by atoms with E-state index in [2.05, 4.69) is 23.6 Å². The molecule has 0 aromatic carbocycles. The molecule has 2 atom stereocenters. The molecule has 0 spiro atoms. The first-order valence-corrected chi connectivity index (χ1v) is 9.68. The summed E-state index contributed by atoms with van der Waals surface area (Å²) in [5.74, 6) is 0. The van der Waals surface area contributed by atoms with Crippen molar-refractivity contribution in [3.63, 3.8) is 0 Å². The summed E-state index contributed by atoms with van der Waals surface area (Å²) < 4.78 is 0. The molecule has 1 rings (SSSR count). The van der Waals surface area contributed by atoms with Crippen LogP contribution < -0.4 is 11.5 Å². The van der Waals surface area contributed by atoms with Crippen LogP contribution in [-0.4, -0.2) is 48.3 Å². The molecule has 4 nitrogen and oxygen atoms in total. The second kappa shape index (κ2) is 12.3. The highest BCUT2D eigenvalue weighted by atomic mass is 15.3. The standard InChI is InChI=1S/C18H40N4/c1-3-5-7-9-11-17(19)21-13-15-22(16-14-21)18(20)12-10-8-6-4-2/h17-18H,3-16,19-20H2,1-2H3. The zero-order chi connectivity index (χ0) is 16.2. The van der Waals surface area contributed by atoms with Gasteiger partial charge in [-0.3, -0.25) is 9.80 Å². The molecule has 4 N–H and O–H groups in total. The maximum Gasteiger partial charge on any atom is 0.0572 e. The molecule has 22 heavy (non-hydrogen) atoms. The lowest BCUT2D eigenvalue weighted by atomic mass is 10.1. The number of hydrogen-bond acceptors (Lipinski definition) is 4.